The minimum Gasteiger partial charge on any atom is -0.478 e. The molecule has 1 amide bonds. The zero-order chi connectivity index (χ0) is 13.7. The molecular weight excluding hydrogens is 246 g/mol. The first-order valence-corrected chi connectivity index (χ1v) is 6.35. The Hall–Kier alpha value is -1.88. The van der Waals surface area contributed by atoms with E-state index in [1.54, 1.807) is 24.3 Å². The van der Waals surface area contributed by atoms with Crippen molar-refractivity contribution in [2.75, 3.05) is 19.8 Å². The van der Waals surface area contributed by atoms with Crippen molar-refractivity contribution in [2.45, 2.75) is 12.8 Å². The topological polar surface area (TPSA) is 75.6 Å². The highest BCUT2D eigenvalue weighted by Gasteiger charge is 2.22. The molecule has 19 heavy (non-hydrogen) atoms. The van der Waals surface area contributed by atoms with Crippen LogP contribution in [0.3, 0.4) is 0 Å². The molecule has 2 rings (SSSR count). The van der Waals surface area contributed by atoms with Crippen molar-refractivity contribution in [3.63, 3.8) is 0 Å². The third kappa shape index (κ3) is 3.54. The van der Waals surface area contributed by atoms with Crippen LogP contribution >= 0.6 is 0 Å². The standard InChI is InChI=1S/C14H17NO4/c16-13(11-6-8-19-9-11)15-7-5-10-3-1-2-4-12(10)14(17)18/h1-4,11H,5-9H2,(H,15,16)(H,17,18). The zero-order valence-corrected chi connectivity index (χ0v) is 10.6. The number of carboxylic acid groups (broad SMARTS) is 1. The number of carbonyl (C=O) groups is 2. The third-order valence-electron chi connectivity index (χ3n) is 3.24. The minimum atomic E-state index is -0.939. The van der Waals surface area contributed by atoms with Gasteiger partial charge in [0.15, 0.2) is 0 Å². The first-order chi connectivity index (χ1) is 9.18. The second-order valence-electron chi connectivity index (χ2n) is 4.56. The Kier molecular flexibility index (Phi) is 4.52. The van der Waals surface area contributed by atoms with E-state index >= 15 is 0 Å². The van der Waals surface area contributed by atoms with Gasteiger partial charge in [-0.25, -0.2) is 4.79 Å². The van der Waals surface area contributed by atoms with Crippen LogP contribution in [-0.2, 0) is 16.0 Å². The van der Waals surface area contributed by atoms with Gasteiger partial charge in [-0.3, -0.25) is 4.79 Å². The molecule has 1 fully saturated rings. The number of hydrogen-bond acceptors (Lipinski definition) is 3. The molecule has 1 atom stereocenters. The number of carbonyl (C=O) groups excluding carboxylic acids is 1. The predicted octanol–water partition coefficient (Wildman–Crippen LogP) is 1.08. The summed E-state index contributed by atoms with van der Waals surface area (Å²) in [4.78, 5) is 22.8. The van der Waals surface area contributed by atoms with Crippen molar-refractivity contribution in [3.8, 4) is 0 Å². The Morgan fingerprint density at radius 3 is 2.84 bits per heavy atom. The van der Waals surface area contributed by atoms with Crippen LogP contribution in [0.5, 0.6) is 0 Å². The lowest BCUT2D eigenvalue weighted by Crippen LogP contribution is -2.32. The number of ether oxygens (including phenoxy) is 1. The van der Waals surface area contributed by atoms with Gasteiger partial charge in [0.1, 0.15) is 0 Å². The van der Waals surface area contributed by atoms with Gasteiger partial charge >= 0.3 is 5.97 Å². The number of rotatable bonds is 5. The molecule has 5 heteroatoms. The van der Waals surface area contributed by atoms with Crippen molar-refractivity contribution in [1.29, 1.82) is 0 Å². The molecule has 2 N–H and O–H groups in total. The molecule has 102 valence electrons. The fourth-order valence-electron chi connectivity index (χ4n) is 2.15. The Bertz CT molecular complexity index is 466. The monoisotopic (exact) mass is 263 g/mol. The fourth-order valence-corrected chi connectivity index (χ4v) is 2.15. The molecule has 0 spiro atoms. The van der Waals surface area contributed by atoms with Gasteiger partial charge in [-0.15, -0.1) is 0 Å². The highest BCUT2D eigenvalue weighted by molar-refractivity contribution is 5.89. The van der Waals surface area contributed by atoms with E-state index < -0.39 is 5.97 Å². The van der Waals surface area contributed by atoms with Crippen LogP contribution in [0.1, 0.15) is 22.3 Å². The molecule has 5 nitrogen and oxygen atoms in total. The van der Waals surface area contributed by atoms with Gasteiger partial charge in [0.05, 0.1) is 18.1 Å². The van der Waals surface area contributed by atoms with E-state index in [1.807, 2.05) is 0 Å². The summed E-state index contributed by atoms with van der Waals surface area (Å²) in [5.74, 6) is -1.01. The highest BCUT2D eigenvalue weighted by Crippen LogP contribution is 2.12. The molecular formula is C14H17NO4. The molecule has 0 bridgehead atoms. The van der Waals surface area contributed by atoms with Gasteiger partial charge in [0, 0.05) is 13.2 Å². The van der Waals surface area contributed by atoms with Gasteiger partial charge in [-0.1, -0.05) is 18.2 Å². The van der Waals surface area contributed by atoms with Crippen LogP contribution in [0.15, 0.2) is 24.3 Å². The zero-order valence-electron chi connectivity index (χ0n) is 10.6. The summed E-state index contributed by atoms with van der Waals surface area (Å²) in [6, 6.07) is 6.84. The van der Waals surface area contributed by atoms with Crippen LogP contribution < -0.4 is 5.32 Å². The number of benzene rings is 1. The van der Waals surface area contributed by atoms with E-state index in [0.29, 0.717) is 31.7 Å². The maximum atomic E-state index is 11.7. The lowest BCUT2D eigenvalue weighted by atomic mass is 10.0. The summed E-state index contributed by atoms with van der Waals surface area (Å²) in [7, 11) is 0. The van der Waals surface area contributed by atoms with Crippen molar-refractivity contribution in [3.05, 3.63) is 35.4 Å². The van der Waals surface area contributed by atoms with E-state index in [4.69, 9.17) is 9.84 Å². The Balaban J connectivity index is 1.85. The van der Waals surface area contributed by atoms with E-state index in [1.165, 1.54) is 0 Å². The second-order valence-corrected chi connectivity index (χ2v) is 4.56. The van der Waals surface area contributed by atoms with E-state index in [0.717, 1.165) is 12.0 Å². The molecule has 1 aliphatic heterocycles. The predicted molar refractivity (Wildman–Crippen MR) is 69.0 cm³/mol. The van der Waals surface area contributed by atoms with Gasteiger partial charge in [-0.2, -0.15) is 0 Å². The van der Waals surface area contributed by atoms with Gasteiger partial charge < -0.3 is 15.2 Å². The summed E-state index contributed by atoms with van der Waals surface area (Å²) in [6.07, 6.45) is 1.28. The lowest BCUT2D eigenvalue weighted by Gasteiger charge is -2.10. The maximum Gasteiger partial charge on any atom is 0.335 e. The van der Waals surface area contributed by atoms with E-state index in [9.17, 15) is 9.59 Å². The smallest absolute Gasteiger partial charge is 0.335 e. The van der Waals surface area contributed by atoms with E-state index in [2.05, 4.69) is 5.32 Å². The van der Waals surface area contributed by atoms with Gasteiger partial charge in [0.25, 0.3) is 0 Å². The molecule has 1 saturated heterocycles. The average Bonchev–Trinajstić information content (AvgIpc) is 2.93. The molecule has 1 aromatic carbocycles. The molecule has 0 saturated carbocycles. The lowest BCUT2D eigenvalue weighted by molar-refractivity contribution is -0.124. The number of hydrogen-bond donors (Lipinski definition) is 2. The molecule has 0 aliphatic carbocycles. The van der Waals surface area contributed by atoms with Gasteiger partial charge in [-0.05, 0) is 24.5 Å². The maximum absolute atomic E-state index is 11.7. The third-order valence-corrected chi connectivity index (χ3v) is 3.24. The second kappa shape index (κ2) is 6.33. The molecule has 0 radical (unpaired) electrons. The number of aromatic carboxylic acids is 1. The molecule has 0 aromatic heterocycles. The SMILES string of the molecule is O=C(O)c1ccccc1CCNC(=O)C1CCOC1. The van der Waals surface area contributed by atoms with E-state index in [-0.39, 0.29) is 11.8 Å². The van der Waals surface area contributed by atoms with Crippen molar-refractivity contribution in [2.24, 2.45) is 5.92 Å². The summed E-state index contributed by atoms with van der Waals surface area (Å²) in [5.41, 5.74) is 1.03. The van der Waals surface area contributed by atoms with Crippen LogP contribution in [0.4, 0.5) is 0 Å². The first-order valence-electron chi connectivity index (χ1n) is 6.35. The number of amides is 1. The summed E-state index contributed by atoms with van der Waals surface area (Å²) in [5, 5.41) is 11.9. The molecule has 1 unspecified atom stereocenters. The first kappa shape index (κ1) is 13.5. The molecule has 1 aliphatic rings. The fraction of sp³-hybridized carbons (Fsp3) is 0.429. The Morgan fingerprint density at radius 1 is 1.37 bits per heavy atom. The molecule has 1 aromatic rings. The number of carboxylic acids is 1. The normalized spacial score (nSPS) is 18.2. The Labute approximate surface area is 111 Å². The van der Waals surface area contributed by atoms with Crippen molar-refractivity contribution in [1.82, 2.24) is 5.32 Å². The van der Waals surface area contributed by atoms with Crippen LogP contribution in [0.25, 0.3) is 0 Å². The minimum absolute atomic E-state index is 0.00898. The summed E-state index contributed by atoms with van der Waals surface area (Å²) < 4.78 is 5.15. The quantitative estimate of drug-likeness (QED) is 0.833. The van der Waals surface area contributed by atoms with Crippen LogP contribution in [0, 0.1) is 5.92 Å². The Morgan fingerprint density at radius 2 is 2.16 bits per heavy atom. The van der Waals surface area contributed by atoms with Crippen LogP contribution in [-0.4, -0.2) is 36.7 Å². The van der Waals surface area contributed by atoms with Crippen LogP contribution in [0.2, 0.25) is 0 Å². The highest BCUT2D eigenvalue weighted by atomic mass is 16.5. The largest absolute Gasteiger partial charge is 0.478 e. The van der Waals surface area contributed by atoms with Crippen molar-refractivity contribution >= 4 is 11.9 Å². The molecule has 1 heterocycles. The summed E-state index contributed by atoms with van der Waals surface area (Å²) in [6.45, 7) is 1.57. The summed E-state index contributed by atoms with van der Waals surface area (Å²) >= 11 is 0. The number of nitrogens with one attached hydrogen (secondary N) is 1. The van der Waals surface area contributed by atoms with Crippen molar-refractivity contribution < 1.29 is 19.4 Å². The van der Waals surface area contributed by atoms with Gasteiger partial charge in [0.2, 0.25) is 5.91 Å². The average molecular weight is 263 g/mol.